The number of carbonyl (C=O) groups is 1. The van der Waals surface area contributed by atoms with Crippen LogP contribution in [0.1, 0.15) is 24.5 Å². The maximum atomic E-state index is 13.3. The molecule has 0 aliphatic rings. The number of hydrogen-bond donors (Lipinski definition) is 0. The molecule has 0 radical (unpaired) electrons. The fourth-order valence-corrected chi connectivity index (χ4v) is 1.81. The summed E-state index contributed by atoms with van der Waals surface area (Å²) in [6, 6.07) is 5.03. The first-order chi connectivity index (χ1) is 7.59. The van der Waals surface area contributed by atoms with Crippen molar-refractivity contribution in [1.29, 1.82) is 0 Å². The van der Waals surface area contributed by atoms with Crippen LogP contribution in [-0.2, 0) is 4.79 Å². The van der Waals surface area contributed by atoms with Crippen LogP contribution in [0.2, 0.25) is 0 Å². The van der Waals surface area contributed by atoms with Crippen LogP contribution >= 0.6 is 11.8 Å². The van der Waals surface area contributed by atoms with Gasteiger partial charge in [0.2, 0.25) is 0 Å². The Morgan fingerprint density at radius 3 is 2.94 bits per heavy atom. The van der Waals surface area contributed by atoms with Crippen LogP contribution in [0, 0.1) is 12.7 Å². The molecule has 1 aromatic rings. The second kappa shape index (κ2) is 6.48. The molecule has 0 saturated carbocycles. The molecular formula is C13H15FOS. The van der Waals surface area contributed by atoms with Crippen molar-refractivity contribution in [2.45, 2.75) is 20.3 Å². The zero-order valence-electron chi connectivity index (χ0n) is 9.50. The molecular weight excluding hydrogens is 223 g/mol. The van der Waals surface area contributed by atoms with Crippen LogP contribution in [0.15, 0.2) is 24.3 Å². The molecule has 3 heteroatoms. The zero-order valence-corrected chi connectivity index (χ0v) is 10.3. The molecule has 0 N–H and O–H groups in total. The van der Waals surface area contributed by atoms with E-state index in [4.69, 9.17) is 0 Å². The molecule has 0 fully saturated rings. The maximum Gasteiger partial charge on any atom is 0.185 e. The number of thioether (sulfide) groups is 1. The number of hydrogen-bond acceptors (Lipinski definition) is 2. The summed E-state index contributed by atoms with van der Waals surface area (Å²) >= 11 is 1.29. The summed E-state index contributed by atoms with van der Waals surface area (Å²) in [5.41, 5.74) is 1.65. The third kappa shape index (κ3) is 4.62. The Morgan fingerprint density at radius 1 is 1.50 bits per heavy atom. The van der Waals surface area contributed by atoms with Crippen LogP contribution in [0.3, 0.4) is 0 Å². The minimum absolute atomic E-state index is 0.120. The Morgan fingerprint density at radius 2 is 2.25 bits per heavy atom. The molecule has 0 heterocycles. The lowest BCUT2D eigenvalue weighted by atomic mass is 10.1. The molecule has 16 heavy (non-hydrogen) atoms. The molecule has 0 unspecified atom stereocenters. The van der Waals surface area contributed by atoms with E-state index in [0.717, 1.165) is 17.7 Å². The predicted molar refractivity (Wildman–Crippen MR) is 67.9 cm³/mol. The molecule has 0 aliphatic heterocycles. The minimum atomic E-state index is -0.207. The van der Waals surface area contributed by atoms with E-state index in [1.165, 1.54) is 17.8 Å². The number of allylic oxidation sites excluding steroid dienone is 1. The number of aryl methyl sites for hydroxylation is 1. The molecule has 0 saturated heterocycles. The topological polar surface area (TPSA) is 17.1 Å². The molecule has 1 aromatic carbocycles. The van der Waals surface area contributed by atoms with Crippen molar-refractivity contribution in [1.82, 2.24) is 0 Å². The van der Waals surface area contributed by atoms with Crippen LogP contribution in [0.25, 0.3) is 6.08 Å². The summed E-state index contributed by atoms with van der Waals surface area (Å²) in [6.45, 7) is 3.48. The maximum absolute atomic E-state index is 13.3. The first kappa shape index (κ1) is 13.0. The number of benzene rings is 1. The van der Waals surface area contributed by atoms with Gasteiger partial charge in [0.15, 0.2) is 5.12 Å². The van der Waals surface area contributed by atoms with Crippen molar-refractivity contribution in [2.75, 3.05) is 5.75 Å². The molecule has 86 valence electrons. The Kier molecular flexibility index (Phi) is 5.26. The summed E-state index contributed by atoms with van der Waals surface area (Å²) in [4.78, 5) is 10.7. The van der Waals surface area contributed by atoms with Gasteiger partial charge in [-0.2, -0.15) is 0 Å². The van der Waals surface area contributed by atoms with Crippen molar-refractivity contribution < 1.29 is 9.18 Å². The first-order valence-electron chi connectivity index (χ1n) is 5.15. The van der Waals surface area contributed by atoms with Crippen molar-refractivity contribution in [3.63, 3.8) is 0 Å². The normalized spacial score (nSPS) is 10.9. The minimum Gasteiger partial charge on any atom is -0.288 e. The molecule has 1 rings (SSSR count). The highest BCUT2D eigenvalue weighted by Crippen LogP contribution is 2.12. The molecule has 0 aliphatic carbocycles. The van der Waals surface area contributed by atoms with Crippen molar-refractivity contribution in [2.24, 2.45) is 0 Å². The van der Waals surface area contributed by atoms with Crippen LogP contribution < -0.4 is 0 Å². The van der Waals surface area contributed by atoms with Gasteiger partial charge < -0.3 is 0 Å². The Balaban J connectivity index is 2.49. The van der Waals surface area contributed by atoms with E-state index >= 15 is 0 Å². The molecule has 0 bridgehead atoms. The largest absolute Gasteiger partial charge is 0.288 e. The standard InChI is InChI=1S/C13H15FOS/c1-10-6-7-13(14)12(9-10)5-3-4-8-16-11(2)15/h3,5-7,9H,4,8H2,1-2H3. The highest BCUT2D eigenvalue weighted by atomic mass is 32.2. The number of rotatable bonds is 4. The van der Waals surface area contributed by atoms with E-state index in [-0.39, 0.29) is 10.9 Å². The summed E-state index contributed by atoms with van der Waals surface area (Å²) in [5, 5.41) is 0.120. The second-order valence-electron chi connectivity index (χ2n) is 3.56. The lowest BCUT2D eigenvalue weighted by Crippen LogP contribution is -1.85. The third-order valence-corrected chi connectivity index (χ3v) is 2.89. The summed E-state index contributed by atoms with van der Waals surface area (Å²) < 4.78 is 13.3. The molecule has 0 atom stereocenters. The van der Waals surface area contributed by atoms with E-state index in [2.05, 4.69) is 0 Å². The molecule has 1 nitrogen and oxygen atoms in total. The smallest absolute Gasteiger partial charge is 0.185 e. The van der Waals surface area contributed by atoms with Gasteiger partial charge in [-0.25, -0.2) is 4.39 Å². The summed E-state index contributed by atoms with van der Waals surface area (Å²) in [5.74, 6) is 0.542. The van der Waals surface area contributed by atoms with E-state index in [9.17, 15) is 9.18 Å². The Bertz CT molecular complexity index is 399. The van der Waals surface area contributed by atoms with Gasteiger partial charge in [0, 0.05) is 18.2 Å². The van der Waals surface area contributed by atoms with E-state index in [1.807, 2.05) is 19.1 Å². The monoisotopic (exact) mass is 238 g/mol. The Labute approximate surface area is 99.7 Å². The quantitative estimate of drug-likeness (QED) is 0.742. The fraction of sp³-hybridized carbons (Fsp3) is 0.308. The number of halogens is 1. The predicted octanol–water partition coefficient (Wildman–Crippen LogP) is 3.82. The lowest BCUT2D eigenvalue weighted by molar-refractivity contribution is -0.109. The molecule has 0 amide bonds. The average molecular weight is 238 g/mol. The fourth-order valence-electron chi connectivity index (χ4n) is 1.27. The van der Waals surface area contributed by atoms with Gasteiger partial charge in [0.05, 0.1) is 0 Å². The van der Waals surface area contributed by atoms with Gasteiger partial charge in [-0.3, -0.25) is 4.79 Å². The van der Waals surface area contributed by atoms with Gasteiger partial charge in [-0.15, -0.1) is 0 Å². The highest BCUT2D eigenvalue weighted by molar-refractivity contribution is 8.13. The zero-order chi connectivity index (χ0) is 12.0. The van der Waals surface area contributed by atoms with Gasteiger partial charge in [0.25, 0.3) is 0 Å². The van der Waals surface area contributed by atoms with Gasteiger partial charge in [-0.1, -0.05) is 35.5 Å². The van der Waals surface area contributed by atoms with Crippen molar-refractivity contribution in [3.05, 3.63) is 41.2 Å². The summed E-state index contributed by atoms with van der Waals surface area (Å²) in [7, 11) is 0. The number of carbonyl (C=O) groups excluding carboxylic acids is 1. The Hall–Kier alpha value is -1.09. The van der Waals surface area contributed by atoms with Gasteiger partial charge in [0.1, 0.15) is 5.82 Å². The SMILES string of the molecule is CC(=O)SCCC=Cc1cc(C)ccc1F. The molecule has 0 aromatic heterocycles. The highest BCUT2D eigenvalue weighted by Gasteiger charge is 1.97. The molecule has 0 spiro atoms. The lowest BCUT2D eigenvalue weighted by Gasteiger charge is -1.98. The third-order valence-electron chi connectivity index (χ3n) is 2.04. The van der Waals surface area contributed by atoms with E-state index in [1.54, 1.807) is 19.1 Å². The van der Waals surface area contributed by atoms with Crippen LogP contribution in [-0.4, -0.2) is 10.9 Å². The van der Waals surface area contributed by atoms with Crippen molar-refractivity contribution >= 4 is 23.0 Å². The van der Waals surface area contributed by atoms with Gasteiger partial charge in [-0.05, 0) is 25.5 Å². The van der Waals surface area contributed by atoms with Crippen molar-refractivity contribution in [3.8, 4) is 0 Å². The summed E-state index contributed by atoms with van der Waals surface area (Å²) in [6.07, 6.45) is 4.44. The first-order valence-corrected chi connectivity index (χ1v) is 6.14. The van der Waals surface area contributed by atoms with E-state index in [0.29, 0.717) is 5.56 Å². The van der Waals surface area contributed by atoms with Gasteiger partial charge >= 0.3 is 0 Å². The van der Waals surface area contributed by atoms with Crippen LogP contribution in [0.4, 0.5) is 4.39 Å². The second-order valence-corrected chi connectivity index (χ2v) is 4.83. The van der Waals surface area contributed by atoms with Crippen LogP contribution in [0.5, 0.6) is 0 Å². The van der Waals surface area contributed by atoms with E-state index < -0.39 is 0 Å². The average Bonchev–Trinajstić information content (AvgIpc) is 2.22.